The summed E-state index contributed by atoms with van der Waals surface area (Å²) in [6, 6.07) is 6.07. The average molecular weight is 279 g/mol. The number of aromatic nitrogens is 1. The fourth-order valence-electron chi connectivity index (χ4n) is 2.37. The van der Waals surface area contributed by atoms with Crippen molar-refractivity contribution in [2.75, 3.05) is 0 Å². The Bertz CT molecular complexity index is 696. The van der Waals surface area contributed by atoms with Crippen LogP contribution in [0.25, 0.3) is 10.9 Å². The fourth-order valence-corrected chi connectivity index (χ4v) is 3.37. The van der Waals surface area contributed by atoms with E-state index in [0.717, 1.165) is 23.0 Å². The van der Waals surface area contributed by atoms with Crippen molar-refractivity contribution in [3.63, 3.8) is 0 Å². The maximum Gasteiger partial charge on any atom is 0.156 e. The van der Waals surface area contributed by atoms with E-state index in [1.165, 1.54) is 5.56 Å². The van der Waals surface area contributed by atoms with Crippen LogP contribution in [0.1, 0.15) is 31.9 Å². The van der Waals surface area contributed by atoms with Crippen LogP contribution >= 0.6 is 0 Å². The molecule has 0 saturated carbocycles. The molecule has 4 heteroatoms. The molecule has 2 aromatic rings. The second-order valence-electron chi connectivity index (χ2n) is 5.27. The van der Waals surface area contributed by atoms with Crippen LogP contribution in [0.5, 0.6) is 0 Å². The quantitative estimate of drug-likeness (QED) is 0.861. The molecule has 0 aliphatic carbocycles. The van der Waals surface area contributed by atoms with Gasteiger partial charge in [0.2, 0.25) is 0 Å². The van der Waals surface area contributed by atoms with Gasteiger partial charge in [0.05, 0.1) is 16.5 Å². The second-order valence-corrected chi connectivity index (χ2v) is 7.82. The summed E-state index contributed by atoms with van der Waals surface area (Å²) in [4.78, 5) is 0. The molecule has 2 rings (SSSR count). The monoisotopic (exact) mass is 279 g/mol. The highest BCUT2D eigenvalue weighted by atomic mass is 32.2. The number of sulfone groups is 1. The Hall–Kier alpha value is -1.29. The number of hydrogen-bond donors (Lipinski definition) is 0. The van der Waals surface area contributed by atoms with Crippen LogP contribution in [0.15, 0.2) is 24.4 Å². The zero-order valence-electron chi connectivity index (χ0n) is 12.0. The molecule has 1 aromatic heterocycles. The minimum absolute atomic E-state index is 0.123. The van der Waals surface area contributed by atoms with Crippen LogP contribution in [-0.4, -0.2) is 18.2 Å². The van der Waals surface area contributed by atoms with E-state index < -0.39 is 9.84 Å². The van der Waals surface area contributed by atoms with Gasteiger partial charge in [0.25, 0.3) is 0 Å². The number of rotatable bonds is 4. The van der Waals surface area contributed by atoms with Crippen LogP contribution in [0.2, 0.25) is 0 Å². The van der Waals surface area contributed by atoms with Crippen molar-refractivity contribution in [2.45, 2.75) is 45.2 Å². The highest BCUT2D eigenvalue weighted by Crippen LogP contribution is 2.26. The van der Waals surface area contributed by atoms with E-state index in [1.54, 1.807) is 13.8 Å². The summed E-state index contributed by atoms with van der Waals surface area (Å²) in [7, 11) is -3.06. The van der Waals surface area contributed by atoms with Crippen LogP contribution in [-0.2, 0) is 22.1 Å². The summed E-state index contributed by atoms with van der Waals surface area (Å²) in [5.74, 6) is 0.123. The summed E-state index contributed by atoms with van der Waals surface area (Å²) in [6.07, 6.45) is 1.98. The molecule has 1 heterocycles. The Morgan fingerprint density at radius 2 is 1.95 bits per heavy atom. The van der Waals surface area contributed by atoms with Crippen molar-refractivity contribution >= 4 is 20.7 Å². The van der Waals surface area contributed by atoms with Crippen LogP contribution in [0.3, 0.4) is 0 Å². The zero-order valence-corrected chi connectivity index (χ0v) is 12.8. The van der Waals surface area contributed by atoms with Crippen LogP contribution in [0, 0.1) is 6.92 Å². The number of fused-ring (bicyclic) bond motifs is 1. The van der Waals surface area contributed by atoms with Crippen LogP contribution < -0.4 is 0 Å². The Labute approximate surface area is 115 Å². The van der Waals surface area contributed by atoms with Gasteiger partial charge in [-0.25, -0.2) is 8.42 Å². The third-order valence-corrected chi connectivity index (χ3v) is 5.75. The van der Waals surface area contributed by atoms with Crippen molar-refractivity contribution < 1.29 is 8.42 Å². The van der Waals surface area contributed by atoms with Crippen LogP contribution in [0.4, 0.5) is 0 Å². The molecule has 0 spiro atoms. The normalized spacial score (nSPS) is 12.5. The summed E-state index contributed by atoms with van der Waals surface area (Å²) >= 11 is 0. The van der Waals surface area contributed by atoms with Gasteiger partial charge in [-0.05, 0) is 38.8 Å². The largest absolute Gasteiger partial charge is 0.347 e. The lowest BCUT2D eigenvalue weighted by atomic mass is 10.1. The summed E-state index contributed by atoms with van der Waals surface area (Å²) < 4.78 is 26.4. The summed E-state index contributed by atoms with van der Waals surface area (Å²) in [6.45, 7) is 8.46. The number of nitrogens with zero attached hydrogens (tertiary/aromatic N) is 1. The molecule has 0 fully saturated rings. The maximum absolute atomic E-state index is 12.1. The smallest absolute Gasteiger partial charge is 0.156 e. The van der Waals surface area contributed by atoms with E-state index in [9.17, 15) is 8.42 Å². The molecule has 0 aliphatic heterocycles. The molecular weight excluding hydrogens is 258 g/mol. The topological polar surface area (TPSA) is 39.1 Å². The van der Waals surface area contributed by atoms with E-state index in [1.807, 2.05) is 18.3 Å². The first-order valence-corrected chi connectivity index (χ1v) is 8.37. The van der Waals surface area contributed by atoms with Gasteiger partial charge in [0.15, 0.2) is 9.84 Å². The Kier molecular flexibility index (Phi) is 3.72. The first-order valence-electron chi connectivity index (χ1n) is 6.65. The molecule has 1 aromatic carbocycles. The Balaban J connectivity index is 2.60. The molecule has 0 saturated heterocycles. The SMILES string of the molecule is CCn1cc(CS(=O)(=O)C(C)C)c2cccc(C)c21. The molecule has 0 N–H and O–H groups in total. The molecule has 19 heavy (non-hydrogen) atoms. The molecule has 0 amide bonds. The van der Waals surface area contributed by atoms with Crippen molar-refractivity contribution in [1.29, 1.82) is 0 Å². The average Bonchev–Trinajstić information content (AvgIpc) is 2.68. The summed E-state index contributed by atoms with van der Waals surface area (Å²) in [5, 5.41) is 0.725. The highest BCUT2D eigenvalue weighted by molar-refractivity contribution is 7.91. The van der Waals surface area contributed by atoms with Crippen molar-refractivity contribution in [3.05, 3.63) is 35.5 Å². The standard InChI is InChI=1S/C15H21NO2S/c1-5-16-9-13(10-19(17,18)11(2)3)14-8-6-7-12(4)15(14)16/h6-9,11H,5,10H2,1-4H3. The van der Waals surface area contributed by atoms with E-state index in [0.29, 0.717) is 0 Å². The van der Waals surface area contributed by atoms with E-state index in [4.69, 9.17) is 0 Å². The van der Waals surface area contributed by atoms with Crippen molar-refractivity contribution in [3.8, 4) is 0 Å². The minimum atomic E-state index is -3.06. The molecule has 0 aliphatic rings. The third-order valence-electron chi connectivity index (χ3n) is 3.60. The van der Waals surface area contributed by atoms with Gasteiger partial charge in [0, 0.05) is 18.1 Å². The van der Waals surface area contributed by atoms with Crippen molar-refractivity contribution in [1.82, 2.24) is 4.57 Å². The van der Waals surface area contributed by atoms with Gasteiger partial charge < -0.3 is 4.57 Å². The molecule has 0 unspecified atom stereocenters. The van der Waals surface area contributed by atoms with Gasteiger partial charge in [-0.1, -0.05) is 18.2 Å². The van der Waals surface area contributed by atoms with E-state index in [2.05, 4.69) is 24.5 Å². The molecule has 0 atom stereocenters. The van der Waals surface area contributed by atoms with Gasteiger partial charge in [-0.15, -0.1) is 0 Å². The maximum atomic E-state index is 12.1. The van der Waals surface area contributed by atoms with Gasteiger partial charge >= 0.3 is 0 Å². The Morgan fingerprint density at radius 1 is 1.26 bits per heavy atom. The number of aryl methyl sites for hydroxylation is 2. The van der Waals surface area contributed by atoms with Gasteiger partial charge in [0.1, 0.15) is 0 Å². The third kappa shape index (κ3) is 2.54. The van der Waals surface area contributed by atoms with Crippen molar-refractivity contribution in [2.24, 2.45) is 0 Å². The molecule has 104 valence electrons. The number of para-hydroxylation sites is 1. The van der Waals surface area contributed by atoms with E-state index in [-0.39, 0.29) is 11.0 Å². The highest BCUT2D eigenvalue weighted by Gasteiger charge is 2.20. The predicted octanol–water partition coefficient (Wildman–Crippen LogP) is 3.29. The summed E-state index contributed by atoms with van der Waals surface area (Å²) in [5.41, 5.74) is 3.25. The molecule has 0 bridgehead atoms. The molecular formula is C15H21NO2S. The lowest BCUT2D eigenvalue weighted by molar-refractivity contribution is 0.586. The van der Waals surface area contributed by atoms with Gasteiger partial charge in [-0.2, -0.15) is 0 Å². The fraction of sp³-hybridized carbons (Fsp3) is 0.467. The second kappa shape index (κ2) is 5.00. The lowest BCUT2D eigenvalue weighted by Crippen LogP contribution is -2.15. The first kappa shape index (κ1) is 14.1. The molecule has 3 nitrogen and oxygen atoms in total. The van der Waals surface area contributed by atoms with E-state index >= 15 is 0 Å². The van der Waals surface area contributed by atoms with Gasteiger partial charge in [-0.3, -0.25) is 0 Å². The minimum Gasteiger partial charge on any atom is -0.347 e. The predicted molar refractivity (Wildman–Crippen MR) is 80.1 cm³/mol. The lowest BCUT2D eigenvalue weighted by Gasteiger charge is -2.06. The first-order chi connectivity index (χ1) is 8.86. The zero-order chi connectivity index (χ0) is 14.2. The molecule has 0 radical (unpaired) electrons. The number of hydrogen-bond acceptors (Lipinski definition) is 2. The Morgan fingerprint density at radius 3 is 2.53 bits per heavy atom. The number of benzene rings is 1.